The number of ether oxygens (including phenoxy) is 3. The number of aliphatic hydroxyl groups is 1. The van der Waals surface area contributed by atoms with Gasteiger partial charge in [0.2, 0.25) is 0 Å². The second kappa shape index (κ2) is 7.88. The standard InChI is InChI=1S/C16H24O5/c1-6-21-16(18)13(10(2)3)14(17)11-8-7-9-12(19-4)15(11)20-5/h7-10,13-14,17H,6H2,1-5H3. The van der Waals surface area contributed by atoms with Crippen LogP contribution >= 0.6 is 0 Å². The first-order valence-electron chi connectivity index (χ1n) is 7.03. The second-order valence-electron chi connectivity index (χ2n) is 5.05. The molecule has 0 radical (unpaired) electrons. The summed E-state index contributed by atoms with van der Waals surface area (Å²) < 4.78 is 15.6. The van der Waals surface area contributed by atoms with Gasteiger partial charge >= 0.3 is 5.97 Å². The molecule has 0 aliphatic heterocycles. The highest BCUT2D eigenvalue weighted by molar-refractivity contribution is 5.74. The number of esters is 1. The molecule has 0 saturated heterocycles. The van der Waals surface area contributed by atoms with Crippen LogP contribution in [0.5, 0.6) is 11.5 Å². The van der Waals surface area contributed by atoms with Crippen LogP contribution in [0, 0.1) is 11.8 Å². The number of carbonyl (C=O) groups is 1. The predicted octanol–water partition coefficient (Wildman–Crippen LogP) is 2.57. The molecule has 0 aliphatic carbocycles. The van der Waals surface area contributed by atoms with E-state index in [1.807, 2.05) is 13.8 Å². The minimum atomic E-state index is -1.02. The van der Waals surface area contributed by atoms with Crippen LogP contribution < -0.4 is 9.47 Å². The van der Waals surface area contributed by atoms with Crippen LogP contribution in [0.1, 0.15) is 32.4 Å². The van der Waals surface area contributed by atoms with Gasteiger partial charge in [0.25, 0.3) is 0 Å². The number of carbonyl (C=O) groups excluding carboxylic acids is 1. The van der Waals surface area contributed by atoms with E-state index in [0.717, 1.165) is 0 Å². The molecule has 0 aromatic heterocycles. The average Bonchev–Trinajstić information content (AvgIpc) is 2.46. The van der Waals surface area contributed by atoms with Crippen molar-refractivity contribution in [1.29, 1.82) is 0 Å². The van der Waals surface area contributed by atoms with E-state index in [-0.39, 0.29) is 12.5 Å². The number of aliphatic hydroxyl groups excluding tert-OH is 1. The van der Waals surface area contributed by atoms with Gasteiger partial charge in [-0.05, 0) is 18.9 Å². The monoisotopic (exact) mass is 296 g/mol. The van der Waals surface area contributed by atoms with Crippen molar-refractivity contribution in [1.82, 2.24) is 0 Å². The van der Waals surface area contributed by atoms with Gasteiger partial charge in [-0.2, -0.15) is 0 Å². The third kappa shape index (κ3) is 3.88. The summed E-state index contributed by atoms with van der Waals surface area (Å²) in [6.45, 7) is 5.77. The normalized spacial score (nSPS) is 13.7. The lowest BCUT2D eigenvalue weighted by Crippen LogP contribution is -2.29. The summed E-state index contributed by atoms with van der Waals surface area (Å²) >= 11 is 0. The molecule has 0 spiro atoms. The van der Waals surface area contributed by atoms with Crippen LogP contribution in [-0.2, 0) is 9.53 Å². The molecular weight excluding hydrogens is 272 g/mol. The van der Waals surface area contributed by atoms with E-state index >= 15 is 0 Å². The fourth-order valence-electron chi connectivity index (χ4n) is 2.34. The molecule has 0 amide bonds. The van der Waals surface area contributed by atoms with Crippen molar-refractivity contribution >= 4 is 5.97 Å². The molecular formula is C16H24O5. The summed E-state index contributed by atoms with van der Waals surface area (Å²) in [5, 5.41) is 10.6. The second-order valence-corrected chi connectivity index (χ2v) is 5.05. The van der Waals surface area contributed by atoms with Gasteiger partial charge in [0.15, 0.2) is 11.5 Å². The minimum absolute atomic E-state index is 0.0741. The van der Waals surface area contributed by atoms with Crippen LogP contribution in [0.25, 0.3) is 0 Å². The topological polar surface area (TPSA) is 65.0 Å². The van der Waals surface area contributed by atoms with Crippen molar-refractivity contribution in [2.75, 3.05) is 20.8 Å². The number of hydrogen-bond acceptors (Lipinski definition) is 5. The molecule has 2 atom stereocenters. The van der Waals surface area contributed by atoms with Gasteiger partial charge in [0.1, 0.15) is 0 Å². The maximum Gasteiger partial charge on any atom is 0.312 e. The molecule has 5 heteroatoms. The Bertz CT molecular complexity index is 470. The fourth-order valence-corrected chi connectivity index (χ4v) is 2.34. The molecule has 0 aliphatic rings. The van der Waals surface area contributed by atoms with Gasteiger partial charge in [-0.3, -0.25) is 4.79 Å². The predicted molar refractivity (Wildman–Crippen MR) is 79.5 cm³/mol. The zero-order valence-electron chi connectivity index (χ0n) is 13.3. The third-order valence-electron chi connectivity index (χ3n) is 3.37. The van der Waals surface area contributed by atoms with Crippen LogP contribution in [0.15, 0.2) is 18.2 Å². The number of methoxy groups -OCH3 is 2. The SMILES string of the molecule is CCOC(=O)C(C(C)C)C(O)c1cccc(OC)c1OC. The number of para-hydroxylation sites is 1. The zero-order chi connectivity index (χ0) is 16.0. The Morgan fingerprint density at radius 3 is 2.38 bits per heavy atom. The molecule has 0 fully saturated rings. The van der Waals surface area contributed by atoms with Gasteiger partial charge in [0, 0.05) is 5.56 Å². The quantitative estimate of drug-likeness (QED) is 0.783. The minimum Gasteiger partial charge on any atom is -0.493 e. The zero-order valence-corrected chi connectivity index (χ0v) is 13.3. The first kappa shape index (κ1) is 17.3. The summed E-state index contributed by atoms with van der Waals surface area (Å²) in [5.41, 5.74) is 0.517. The highest BCUT2D eigenvalue weighted by Crippen LogP contribution is 2.39. The maximum atomic E-state index is 12.1. The molecule has 21 heavy (non-hydrogen) atoms. The molecule has 1 N–H and O–H groups in total. The van der Waals surface area contributed by atoms with Crippen LogP contribution in [0.3, 0.4) is 0 Å². The van der Waals surface area contributed by atoms with Crippen molar-refractivity contribution in [3.63, 3.8) is 0 Å². The van der Waals surface area contributed by atoms with E-state index in [2.05, 4.69) is 0 Å². The van der Waals surface area contributed by atoms with E-state index in [9.17, 15) is 9.90 Å². The molecule has 118 valence electrons. The Hall–Kier alpha value is -1.75. The highest BCUT2D eigenvalue weighted by atomic mass is 16.5. The lowest BCUT2D eigenvalue weighted by molar-refractivity contribution is -0.154. The van der Waals surface area contributed by atoms with Crippen LogP contribution in [0.2, 0.25) is 0 Å². The first-order chi connectivity index (χ1) is 9.97. The lowest BCUT2D eigenvalue weighted by Gasteiger charge is -2.26. The van der Waals surface area contributed by atoms with E-state index < -0.39 is 18.0 Å². The summed E-state index contributed by atoms with van der Waals surface area (Å²) in [6.07, 6.45) is -1.02. The Labute approximate surface area is 125 Å². The molecule has 0 heterocycles. The molecule has 5 nitrogen and oxygen atoms in total. The molecule has 1 aromatic rings. The largest absolute Gasteiger partial charge is 0.493 e. The van der Waals surface area contributed by atoms with Crippen molar-refractivity contribution in [3.05, 3.63) is 23.8 Å². The van der Waals surface area contributed by atoms with E-state index in [4.69, 9.17) is 14.2 Å². The van der Waals surface area contributed by atoms with E-state index in [1.54, 1.807) is 25.1 Å². The van der Waals surface area contributed by atoms with Gasteiger partial charge in [-0.15, -0.1) is 0 Å². The Morgan fingerprint density at radius 1 is 1.24 bits per heavy atom. The lowest BCUT2D eigenvalue weighted by atomic mass is 9.86. The Balaban J connectivity index is 3.20. The smallest absolute Gasteiger partial charge is 0.312 e. The summed E-state index contributed by atoms with van der Waals surface area (Å²) in [5.74, 6) is -0.200. The maximum absolute atomic E-state index is 12.1. The van der Waals surface area contributed by atoms with Gasteiger partial charge in [-0.25, -0.2) is 0 Å². The number of rotatable bonds is 7. The molecule has 2 unspecified atom stereocenters. The number of hydrogen-bond donors (Lipinski definition) is 1. The van der Waals surface area contributed by atoms with Crippen LogP contribution in [0.4, 0.5) is 0 Å². The first-order valence-corrected chi connectivity index (χ1v) is 7.03. The molecule has 0 saturated carbocycles. The van der Waals surface area contributed by atoms with Crippen molar-refractivity contribution in [3.8, 4) is 11.5 Å². The summed E-state index contributed by atoms with van der Waals surface area (Å²) in [6, 6.07) is 5.22. The van der Waals surface area contributed by atoms with Gasteiger partial charge in [-0.1, -0.05) is 26.0 Å². The van der Waals surface area contributed by atoms with E-state index in [0.29, 0.717) is 17.1 Å². The molecule has 1 rings (SSSR count). The third-order valence-corrected chi connectivity index (χ3v) is 3.37. The van der Waals surface area contributed by atoms with Crippen LogP contribution in [-0.4, -0.2) is 31.9 Å². The van der Waals surface area contributed by atoms with Gasteiger partial charge in [0.05, 0.1) is 32.8 Å². The Kier molecular flexibility index (Phi) is 6.49. The van der Waals surface area contributed by atoms with Crippen molar-refractivity contribution in [2.24, 2.45) is 11.8 Å². The fraction of sp³-hybridized carbons (Fsp3) is 0.562. The summed E-state index contributed by atoms with van der Waals surface area (Å²) in [7, 11) is 3.03. The summed E-state index contributed by atoms with van der Waals surface area (Å²) in [4.78, 5) is 12.1. The number of benzene rings is 1. The molecule has 1 aromatic carbocycles. The van der Waals surface area contributed by atoms with E-state index in [1.165, 1.54) is 14.2 Å². The van der Waals surface area contributed by atoms with Crippen molar-refractivity contribution < 1.29 is 24.1 Å². The Morgan fingerprint density at radius 2 is 1.90 bits per heavy atom. The average molecular weight is 296 g/mol. The molecule has 0 bridgehead atoms. The highest BCUT2D eigenvalue weighted by Gasteiger charge is 2.34. The van der Waals surface area contributed by atoms with Crippen molar-refractivity contribution in [2.45, 2.75) is 26.9 Å². The van der Waals surface area contributed by atoms with Gasteiger partial charge < -0.3 is 19.3 Å².